The molecule has 0 aromatic carbocycles. The summed E-state index contributed by atoms with van der Waals surface area (Å²) >= 11 is 0. The normalized spacial score (nSPS) is 25.4. The smallest absolute Gasteiger partial charge is 0.326 e. The highest BCUT2D eigenvalue weighted by Crippen LogP contribution is 2.32. The topological polar surface area (TPSA) is 212 Å². The van der Waals surface area contributed by atoms with Gasteiger partial charge in [-0.3, -0.25) is 9.36 Å². The van der Waals surface area contributed by atoms with E-state index in [1.807, 2.05) is 6.26 Å². The Hall–Kier alpha value is -2.52. The van der Waals surface area contributed by atoms with Crippen LogP contribution in [-0.4, -0.2) is 95.4 Å². The van der Waals surface area contributed by atoms with Crippen LogP contribution in [0.1, 0.15) is 12.6 Å². The number of aliphatic hydroxyl groups excluding tert-OH is 2. The van der Waals surface area contributed by atoms with Crippen LogP contribution in [0.5, 0.6) is 0 Å². The summed E-state index contributed by atoms with van der Waals surface area (Å²) in [5.41, 5.74) is 11.7. The van der Waals surface area contributed by atoms with Gasteiger partial charge in [-0.15, -0.1) is 0 Å². The van der Waals surface area contributed by atoms with Gasteiger partial charge in [0.2, 0.25) is 5.91 Å². The fourth-order valence-corrected chi connectivity index (χ4v) is 4.99. The number of nitrogens with zero attached hydrogens (tertiary/aromatic N) is 4. The second kappa shape index (κ2) is 9.74. The predicted molar refractivity (Wildman–Crippen MR) is 112 cm³/mol. The molecule has 1 fully saturated rings. The molecule has 0 saturated carbocycles. The number of nitrogens with one attached hydrogen (secondary N) is 1. The minimum Gasteiger partial charge on any atom is -0.480 e. The van der Waals surface area contributed by atoms with Crippen LogP contribution in [0.4, 0.5) is 5.82 Å². The Morgan fingerprint density at radius 2 is 2.06 bits per heavy atom. The van der Waals surface area contributed by atoms with Crippen LogP contribution in [-0.2, 0) is 25.2 Å². The van der Waals surface area contributed by atoms with Gasteiger partial charge in [0.1, 0.15) is 47.7 Å². The molecule has 1 aliphatic rings. The van der Waals surface area contributed by atoms with Gasteiger partial charge in [0.15, 0.2) is 17.7 Å². The number of aliphatic hydroxyl groups is 2. The van der Waals surface area contributed by atoms with Crippen LogP contribution in [0.3, 0.4) is 0 Å². The van der Waals surface area contributed by atoms with E-state index in [-0.39, 0.29) is 29.7 Å². The lowest BCUT2D eigenvalue weighted by atomic mass is 10.1. The summed E-state index contributed by atoms with van der Waals surface area (Å²) in [6, 6.07) is -1.04. The lowest BCUT2D eigenvalue weighted by Gasteiger charge is -2.16. The van der Waals surface area contributed by atoms with Crippen molar-refractivity contribution in [1.29, 1.82) is 0 Å². The number of hydrogen-bond donors (Lipinski definition) is 6. The number of hydrogen-bond acceptors (Lipinski definition) is 10. The minimum absolute atomic E-state index is 0.193. The molecule has 0 radical (unpaired) electrons. The Bertz CT molecular complexity index is 943. The molecule has 1 amide bonds. The number of fused-ring (bicyclic) bond motifs is 1. The molecule has 31 heavy (non-hydrogen) atoms. The van der Waals surface area contributed by atoms with E-state index in [0.29, 0.717) is 22.7 Å². The first-order valence-corrected chi connectivity index (χ1v) is 11.5. The quantitative estimate of drug-likeness (QED) is 0.212. The van der Waals surface area contributed by atoms with Crippen LogP contribution in [0.25, 0.3) is 11.2 Å². The first-order valence-electron chi connectivity index (χ1n) is 9.49. The molecule has 2 aromatic heterocycles. The average molecular weight is 457 g/mol. The molecule has 170 valence electrons. The fraction of sp³-hybridized carbons (Fsp3) is 0.588. The van der Waals surface area contributed by atoms with Gasteiger partial charge in [0, 0.05) is 6.42 Å². The molecule has 0 bridgehead atoms. The third-order valence-corrected chi connectivity index (χ3v) is 6.85. The van der Waals surface area contributed by atoms with Crippen LogP contribution >= 0.6 is 0 Å². The number of ether oxygens (including phenoxy) is 1. The van der Waals surface area contributed by atoms with Crippen molar-refractivity contribution in [3.63, 3.8) is 0 Å². The maximum atomic E-state index is 11.4. The van der Waals surface area contributed by atoms with Gasteiger partial charge >= 0.3 is 5.97 Å². The number of carboxylic acids is 1. The van der Waals surface area contributed by atoms with Crippen LogP contribution in [0, 0.1) is 0 Å². The highest BCUT2D eigenvalue weighted by molar-refractivity contribution is 7.96. The molecule has 0 aliphatic carbocycles. The average Bonchev–Trinajstić information content (AvgIpc) is 3.28. The molecule has 1 saturated heterocycles. The first kappa shape index (κ1) is 23.1. The standard InChI is InChI=1S/C17H25N7O6S/c1-31(3-2-8(17(28)29)23-10(25)4-18)5-9-12(26)13(27)16(30-9)24-7-22-11-14(19)20-6-21-15(11)24/h6-9,12-13,16,26-27H,2-5,18H2,1H3,(H3-,19,20,21,23,25,28,29)/p+1/t8-,9+,12+,13+,16+,31?/m0/s1. The number of rotatable bonds is 9. The second-order valence-electron chi connectivity index (χ2n) is 7.23. The number of carboxylic acid groups (broad SMARTS) is 1. The molecule has 0 spiro atoms. The number of amides is 1. The van der Waals surface area contributed by atoms with Gasteiger partial charge in [-0.1, -0.05) is 0 Å². The Balaban J connectivity index is 1.62. The van der Waals surface area contributed by atoms with E-state index >= 15 is 0 Å². The molecule has 1 aliphatic heterocycles. The maximum Gasteiger partial charge on any atom is 0.326 e. The fourth-order valence-electron chi connectivity index (χ4n) is 3.35. The van der Waals surface area contributed by atoms with Gasteiger partial charge in [0.05, 0.1) is 19.1 Å². The number of carbonyl (C=O) groups is 2. The minimum atomic E-state index is -1.22. The summed E-state index contributed by atoms with van der Waals surface area (Å²) in [7, 11) is -0.354. The van der Waals surface area contributed by atoms with Crippen molar-refractivity contribution in [2.75, 3.05) is 30.0 Å². The van der Waals surface area contributed by atoms with Crippen molar-refractivity contribution in [3.8, 4) is 0 Å². The van der Waals surface area contributed by atoms with E-state index in [4.69, 9.17) is 16.2 Å². The first-order chi connectivity index (χ1) is 14.7. The van der Waals surface area contributed by atoms with Crippen molar-refractivity contribution >= 4 is 39.8 Å². The van der Waals surface area contributed by atoms with Crippen LogP contribution in [0.15, 0.2) is 12.7 Å². The number of nitrogen functional groups attached to an aromatic ring is 1. The van der Waals surface area contributed by atoms with E-state index in [0.717, 1.165) is 0 Å². The van der Waals surface area contributed by atoms with Crippen molar-refractivity contribution in [3.05, 3.63) is 12.7 Å². The number of carbonyl (C=O) groups excluding carboxylic acids is 1. The second-order valence-corrected chi connectivity index (χ2v) is 9.54. The van der Waals surface area contributed by atoms with Crippen molar-refractivity contribution < 1.29 is 29.6 Å². The summed E-state index contributed by atoms with van der Waals surface area (Å²) in [5, 5.41) is 32.6. The van der Waals surface area contributed by atoms with Gasteiger partial charge in [0.25, 0.3) is 0 Å². The number of nitrogens with two attached hydrogens (primary N) is 2. The van der Waals surface area contributed by atoms with E-state index in [1.54, 1.807) is 0 Å². The molecular formula is C17H26N7O6S+. The number of imidazole rings is 1. The van der Waals surface area contributed by atoms with E-state index in [2.05, 4.69) is 20.3 Å². The number of aromatic nitrogens is 4. The van der Waals surface area contributed by atoms with Crippen LogP contribution < -0.4 is 16.8 Å². The van der Waals surface area contributed by atoms with Crippen molar-refractivity contribution in [2.45, 2.75) is 37.0 Å². The van der Waals surface area contributed by atoms with E-state index in [9.17, 15) is 24.9 Å². The molecule has 13 nitrogen and oxygen atoms in total. The summed E-state index contributed by atoms with van der Waals surface area (Å²) < 4.78 is 7.41. The maximum absolute atomic E-state index is 11.4. The highest BCUT2D eigenvalue weighted by atomic mass is 32.2. The molecule has 6 atom stereocenters. The molecule has 1 unspecified atom stereocenters. The SMILES string of the molecule is C[S+](CC[C@H](NC(=O)CN)C(=O)O)C[C@H]1O[C@@H](n2cnc3c(N)ncnc32)[C@H](O)[C@@H]1O. The highest BCUT2D eigenvalue weighted by Gasteiger charge is 2.46. The molecule has 14 heteroatoms. The lowest BCUT2D eigenvalue weighted by Crippen LogP contribution is -2.44. The van der Waals surface area contributed by atoms with Gasteiger partial charge in [-0.05, 0) is 10.9 Å². The molecular weight excluding hydrogens is 430 g/mol. The molecule has 8 N–H and O–H groups in total. The number of aliphatic carboxylic acids is 1. The summed E-state index contributed by atoms with van der Waals surface area (Å²) in [6.45, 7) is -0.289. The van der Waals surface area contributed by atoms with Crippen molar-refractivity contribution in [2.24, 2.45) is 5.73 Å². The largest absolute Gasteiger partial charge is 0.480 e. The van der Waals surface area contributed by atoms with Gasteiger partial charge in [-0.2, -0.15) is 0 Å². The van der Waals surface area contributed by atoms with Crippen LogP contribution in [0.2, 0.25) is 0 Å². The van der Waals surface area contributed by atoms with Gasteiger partial charge < -0.3 is 36.8 Å². The third-order valence-electron chi connectivity index (χ3n) is 5.02. The Morgan fingerprint density at radius 3 is 2.74 bits per heavy atom. The summed E-state index contributed by atoms with van der Waals surface area (Å²) in [6.07, 6.45) is 0.852. The zero-order valence-corrected chi connectivity index (χ0v) is 17.6. The summed E-state index contributed by atoms with van der Waals surface area (Å²) in [5.74, 6) is -0.610. The van der Waals surface area contributed by atoms with E-state index in [1.165, 1.54) is 17.2 Å². The summed E-state index contributed by atoms with van der Waals surface area (Å²) in [4.78, 5) is 34.9. The molecule has 2 aromatic rings. The third kappa shape index (κ3) is 5.04. The Labute approximate surface area is 180 Å². The van der Waals surface area contributed by atoms with Crippen molar-refractivity contribution in [1.82, 2.24) is 24.8 Å². The number of anilines is 1. The van der Waals surface area contributed by atoms with E-state index < -0.39 is 42.5 Å². The zero-order chi connectivity index (χ0) is 22.7. The Kier molecular flexibility index (Phi) is 7.27. The zero-order valence-electron chi connectivity index (χ0n) is 16.8. The van der Waals surface area contributed by atoms with Gasteiger partial charge in [-0.25, -0.2) is 19.7 Å². The Morgan fingerprint density at radius 1 is 1.32 bits per heavy atom. The lowest BCUT2D eigenvalue weighted by molar-refractivity contribution is -0.141. The molecule has 3 heterocycles. The molecule has 3 rings (SSSR count). The monoisotopic (exact) mass is 456 g/mol. The predicted octanol–water partition coefficient (Wildman–Crippen LogP) is -2.81.